The molecule has 1 aliphatic heterocycles. The van der Waals surface area contributed by atoms with Gasteiger partial charge in [0.05, 0.1) is 10.2 Å². The Balaban J connectivity index is 1.20. The smallest absolute Gasteiger partial charge is 0.278 e. The van der Waals surface area contributed by atoms with Crippen molar-refractivity contribution in [2.24, 2.45) is 0 Å². The van der Waals surface area contributed by atoms with Crippen molar-refractivity contribution in [2.75, 3.05) is 32.7 Å². The monoisotopic (exact) mass is 428 g/mol. The molecule has 7 heteroatoms. The van der Waals surface area contributed by atoms with E-state index in [1.807, 2.05) is 13.0 Å². The van der Waals surface area contributed by atoms with E-state index in [1.54, 1.807) is 28.4 Å². The van der Waals surface area contributed by atoms with E-state index >= 15 is 0 Å². The molecule has 0 unspecified atom stereocenters. The van der Waals surface area contributed by atoms with E-state index in [2.05, 4.69) is 23.5 Å². The summed E-state index contributed by atoms with van der Waals surface area (Å²) in [5, 5.41) is 4.24. The third-order valence-corrected chi connectivity index (χ3v) is 7.01. The predicted octanol–water partition coefficient (Wildman–Crippen LogP) is 0.466. The molecule has 1 aliphatic rings. The number of amides is 1. The fraction of sp³-hybridized carbons (Fsp3) is 0.391. The Kier molecular flexibility index (Phi) is 6.72. The number of carbonyl (C=O) groups is 1. The van der Waals surface area contributed by atoms with Crippen LogP contribution >= 0.6 is 11.3 Å². The first-order valence-electron chi connectivity index (χ1n) is 10.6. The van der Waals surface area contributed by atoms with Crippen molar-refractivity contribution in [1.82, 2.24) is 10.3 Å². The fourth-order valence-electron chi connectivity index (χ4n) is 4.06. The van der Waals surface area contributed by atoms with Crippen LogP contribution in [0.1, 0.15) is 17.5 Å². The molecule has 3 N–H and O–H groups in total. The zero-order valence-corrected chi connectivity index (χ0v) is 18.1. The van der Waals surface area contributed by atoms with Crippen LogP contribution in [-0.4, -0.2) is 49.7 Å². The van der Waals surface area contributed by atoms with E-state index in [1.165, 1.54) is 26.7 Å². The maximum absolute atomic E-state index is 13.0. The highest BCUT2D eigenvalue weighted by Gasteiger charge is 2.31. The summed E-state index contributed by atoms with van der Waals surface area (Å²) >= 11 is 1.79. The fourth-order valence-corrected chi connectivity index (χ4v) is 5.10. The molecule has 0 spiro atoms. The van der Waals surface area contributed by atoms with Gasteiger partial charge in [-0.15, -0.1) is 11.3 Å². The second-order valence-corrected chi connectivity index (χ2v) is 9.16. The number of carbonyl (C=O) groups excluding carboxylic acids is 1. The SMILES string of the molecule is C[C@@H](C(=O)NCCc1ccc(F)cc1)[NH+]1CC[NH+](Cc2nc3ccccc3s2)CC1. The lowest BCUT2D eigenvalue weighted by molar-refractivity contribution is -1.02. The summed E-state index contributed by atoms with van der Waals surface area (Å²) in [7, 11) is 0. The predicted molar refractivity (Wildman–Crippen MR) is 117 cm³/mol. The second kappa shape index (κ2) is 9.64. The maximum atomic E-state index is 13.0. The topological polar surface area (TPSA) is 50.9 Å². The maximum Gasteiger partial charge on any atom is 0.278 e. The minimum absolute atomic E-state index is 0.0535. The van der Waals surface area contributed by atoms with Crippen molar-refractivity contribution in [3.63, 3.8) is 0 Å². The van der Waals surface area contributed by atoms with Crippen LogP contribution in [0.4, 0.5) is 4.39 Å². The molecule has 1 aromatic heterocycles. The van der Waals surface area contributed by atoms with E-state index in [0.717, 1.165) is 43.8 Å². The Morgan fingerprint density at radius 2 is 1.87 bits per heavy atom. The highest BCUT2D eigenvalue weighted by atomic mass is 32.1. The summed E-state index contributed by atoms with van der Waals surface area (Å²) in [6.07, 6.45) is 0.716. The number of para-hydroxylation sites is 1. The van der Waals surface area contributed by atoms with E-state index in [4.69, 9.17) is 4.98 Å². The van der Waals surface area contributed by atoms with Gasteiger partial charge in [-0.05, 0) is 43.2 Å². The van der Waals surface area contributed by atoms with Crippen LogP contribution in [0, 0.1) is 5.82 Å². The van der Waals surface area contributed by atoms with Gasteiger partial charge in [0, 0.05) is 6.54 Å². The van der Waals surface area contributed by atoms with Crippen molar-refractivity contribution >= 4 is 27.5 Å². The van der Waals surface area contributed by atoms with Gasteiger partial charge in [0.15, 0.2) is 6.04 Å². The molecule has 0 aliphatic carbocycles. The molecule has 4 rings (SSSR count). The van der Waals surface area contributed by atoms with Crippen LogP contribution in [0.5, 0.6) is 0 Å². The number of nitrogens with zero attached hydrogens (tertiary/aromatic N) is 1. The van der Waals surface area contributed by atoms with Crippen LogP contribution < -0.4 is 15.1 Å². The van der Waals surface area contributed by atoms with Gasteiger partial charge in [-0.2, -0.15) is 0 Å². The van der Waals surface area contributed by atoms with Crippen LogP contribution in [0.3, 0.4) is 0 Å². The van der Waals surface area contributed by atoms with Gasteiger partial charge in [0.25, 0.3) is 5.91 Å². The lowest BCUT2D eigenvalue weighted by Gasteiger charge is -2.32. The Morgan fingerprint density at radius 1 is 1.13 bits per heavy atom. The lowest BCUT2D eigenvalue weighted by atomic mass is 10.1. The Labute approximate surface area is 180 Å². The largest absolute Gasteiger partial charge is 0.351 e. The Hall–Kier alpha value is -2.35. The zero-order chi connectivity index (χ0) is 20.9. The molecule has 158 valence electrons. The average Bonchev–Trinajstić information content (AvgIpc) is 3.17. The highest BCUT2D eigenvalue weighted by Crippen LogP contribution is 2.20. The molecule has 1 fully saturated rings. The number of nitrogens with one attached hydrogen (secondary N) is 3. The number of aromatic nitrogens is 1. The number of hydrogen-bond acceptors (Lipinski definition) is 3. The van der Waals surface area contributed by atoms with Crippen LogP contribution in [0.25, 0.3) is 10.2 Å². The van der Waals surface area contributed by atoms with E-state index < -0.39 is 0 Å². The van der Waals surface area contributed by atoms with Gasteiger partial charge in [-0.1, -0.05) is 24.3 Å². The number of halogens is 1. The Bertz CT molecular complexity index is 949. The first-order chi connectivity index (χ1) is 14.6. The number of piperazine rings is 1. The quantitative estimate of drug-likeness (QED) is 0.512. The van der Waals surface area contributed by atoms with Gasteiger partial charge < -0.3 is 15.1 Å². The molecule has 1 saturated heterocycles. The molecule has 2 heterocycles. The molecular formula is C23H29FN4OS+2. The molecule has 2 aromatic carbocycles. The third-order valence-electron chi connectivity index (χ3n) is 5.97. The molecule has 1 amide bonds. The van der Waals surface area contributed by atoms with Crippen molar-refractivity contribution in [3.8, 4) is 0 Å². The molecule has 3 aromatic rings. The number of hydrogen-bond donors (Lipinski definition) is 3. The van der Waals surface area contributed by atoms with E-state index in [-0.39, 0.29) is 17.8 Å². The zero-order valence-electron chi connectivity index (χ0n) is 17.3. The standard InChI is InChI=1S/C23H27FN4OS/c1-17(23(29)25-11-10-18-6-8-19(24)9-7-18)28-14-12-27(13-15-28)16-22-26-20-4-2-3-5-21(20)30-22/h2-9,17H,10-16H2,1H3,(H,25,29)/p+2/t17-/m0/s1. The van der Waals surface area contributed by atoms with Crippen LogP contribution in [-0.2, 0) is 17.8 Å². The summed E-state index contributed by atoms with van der Waals surface area (Å²) in [4.78, 5) is 20.2. The van der Waals surface area contributed by atoms with Gasteiger partial charge in [0.1, 0.15) is 43.5 Å². The molecule has 5 nitrogen and oxygen atoms in total. The van der Waals surface area contributed by atoms with Gasteiger partial charge in [0.2, 0.25) is 0 Å². The second-order valence-electron chi connectivity index (χ2n) is 8.05. The molecule has 30 heavy (non-hydrogen) atoms. The van der Waals surface area contributed by atoms with Crippen molar-refractivity contribution in [1.29, 1.82) is 0 Å². The van der Waals surface area contributed by atoms with Gasteiger partial charge >= 0.3 is 0 Å². The first kappa shape index (κ1) is 20.9. The highest BCUT2D eigenvalue weighted by molar-refractivity contribution is 7.18. The van der Waals surface area contributed by atoms with Crippen LogP contribution in [0.15, 0.2) is 48.5 Å². The van der Waals surface area contributed by atoms with Crippen molar-refractivity contribution in [2.45, 2.75) is 25.9 Å². The third kappa shape index (κ3) is 5.22. The van der Waals surface area contributed by atoms with E-state index in [0.29, 0.717) is 13.0 Å². The Morgan fingerprint density at radius 3 is 2.60 bits per heavy atom. The van der Waals surface area contributed by atoms with Crippen molar-refractivity contribution in [3.05, 3.63) is 64.9 Å². The number of fused-ring (bicyclic) bond motifs is 1. The van der Waals surface area contributed by atoms with Gasteiger partial charge in [-0.25, -0.2) is 9.37 Å². The summed E-state index contributed by atoms with van der Waals surface area (Å²) in [6, 6.07) is 14.7. The summed E-state index contributed by atoms with van der Waals surface area (Å²) in [5.41, 5.74) is 2.12. The average molecular weight is 429 g/mol. The molecule has 0 bridgehead atoms. The minimum Gasteiger partial charge on any atom is -0.351 e. The molecule has 0 saturated carbocycles. The summed E-state index contributed by atoms with van der Waals surface area (Å²) in [5.74, 6) is -0.133. The number of thiazole rings is 1. The number of rotatable bonds is 7. The summed E-state index contributed by atoms with van der Waals surface area (Å²) in [6.45, 7) is 7.65. The first-order valence-corrected chi connectivity index (χ1v) is 11.4. The van der Waals surface area contributed by atoms with Crippen LogP contribution in [0.2, 0.25) is 0 Å². The number of benzene rings is 2. The lowest BCUT2D eigenvalue weighted by Crippen LogP contribution is -3.29. The number of quaternary nitrogens is 2. The minimum atomic E-state index is -0.232. The van der Waals surface area contributed by atoms with Crippen molar-refractivity contribution < 1.29 is 19.0 Å². The molecular weight excluding hydrogens is 399 g/mol. The summed E-state index contributed by atoms with van der Waals surface area (Å²) < 4.78 is 14.2. The van der Waals surface area contributed by atoms with Gasteiger partial charge in [-0.3, -0.25) is 4.79 Å². The molecule has 0 radical (unpaired) electrons. The van der Waals surface area contributed by atoms with E-state index in [9.17, 15) is 9.18 Å². The normalized spacial score (nSPS) is 20.2. The molecule has 1 atom stereocenters.